The standard InChI is InChI=1S/2C23H24N4S2/c1-5-19-16(3)20-21(18-10-8-15(2)9-11-18)26-27(14-17-7-6-12-24-13-17)23(28-4)25-22(20)29-19;1-4-6-19-15-29-22-20(19)21(18-10-8-16(2)9-11-18)26-27(23(25-22)28-3)14-17-7-5-12-24-13-17/h6-13H,5,14H2,1-4H3;5,7-13,15H,4,6,14H2,1-3H3. The zero-order valence-electron chi connectivity index (χ0n) is 34.1. The van der Waals surface area contributed by atoms with E-state index in [4.69, 9.17) is 20.2 Å². The first-order valence-corrected chi connectivity index (χ1v) is 23.6. The summed E-state index contributed by atoms with van der Waals surface area (Å²) in [6, 6.07) is 25.3. The summed E-state index contributed by atoms with van der Waals surface area (Å²) in [7, 11) is 0. The Morgan fingerprint density at radius 2 is 1.16 bits per heavy atom. The molecule has 0 saturated heterocycles. The van der Waals surface area contributed by atoms with E-state index in [-0.39, 0.29) is 0 Å². The van der Waals surface area contributed by atoms with Gasteiger partial charge in [0, 0.05) is 51.9 Å². The molecule has 0 N–H and O–H groups in total. The molecule has 12 heteroatoms. The monoisotopic (exact) mass is 840 g/mol. The highest BCUT2D eigenvalue weighted by Crippen LogP contribution is 2.41. The summed E-state index contributed by atoms with van der Waals surface area (Å²) in [6.45, 7) is 12.1. The average Bonchev–Trinajstić information content (AvgIpc) is 3.68. The number of hydrazone groups is 2. The number of rotatable bonds is 9. The number of aliphatic imine (C=N–C) groups is 2. The van der Waals surface area contributed by atoms with E-state index in [0.29, 0.717) is 13.1 Å². The maximum absolute atomic E-state index is 5.16. The Morgan fingerprint density at radius 1 is 0.638 bits per heavy atom. The fourth-order valence-electron chi connectivity index (χ4n) is 6.79. The number of aryl methyl sites for hydroxylation is 4. The fourth-order valence-corrected chi connectivity index (χ4v) is 9.99. The van der Waals surface area contributed by atoms with Gasteiger partial charge in [-0.25, -0.2) is 20.0 Å². The Morgan fingerprint density at radius 3 is 1.62 bits per heavy atom. The third-order valence-electron chi connectivity index (χ3n) is 9.79. The van der Waals surface area contributed by atoms with Gasteiger partial charge in [-0.3, -0.25) is 9.97 Å². The molecule has 2 aromatic carbocycles. The number of thioether (sulfide) groups is 2. The summed E-state index contributed by atoms with van der Waals surface area (Å²) >= 11 is 6.75. The molecular weight excluding hydrogens is 793 g/mol. The van der Waals surface area contributed by atoms with Crippen molar-refractivity contribution in [3.05, 3.63) is 163 Å². The SMILES string of the molecule is CCCc1csc2c1C(c1ccc(C)cc1)=NN(Cc1cccnc1)C(SC)=N2.CCc1sc2c(c1C)C(c1ccc(C)cc1)=NN(Cc1cccnc1)C(SC)=N2. The van der Waals surface area contributed by atoms with Gasteiger partial charge >= 0.3 is 0 Å². The molecule has 0 bridgehead atoms. The highest BCUT2D eigenvalue weighted by Gasteiger charge is 2.27. The number of nitrogens with zero attached hydrogens (tertiary/aromatic N) is 8. The van der Waals surface area contributed by atoms with Crippen LogP contribution in [0.15, 0.2) is 123 Å². The van der Waals surface area contributed by atoms with Crippen molar-refractivity contribution in [2.24, 2.45) is 20.2 Å². The fraction of sp³-hybridized carbons (Fsp3) is 0.261. The predicted molar refractivity (Wildman–Crippen MR) is 251 cm³/mol. The van der Waals surface area contributed by atoms with Gasteiger partial charge in [-0.05, 0) is 85.9 Å². The Bertz CT molecular complexity index is 2450. The number of fused-ring (bicyclic) bond motifs is 2. The number of pyridine rings is 2. The van der Waals surface area contributed by atoms with Crippen molar-refractivity contribution in [2.75, 3.05) is 12.5 Å². The van der Waals surface area contributed by atoms with Crippen LogP contribution < -0.4 is 0 Å². The van der Waals surface area contributed by atoms with Gasteiger partial charge in [0.05, 0.1) is 13.1 Å². The Hall–Kier alpha value is -4.88. The minimum Gasteiger partial charge on any atom is -0.264 e. The average molecular weight is 841 g/mol. The highest BCUT2D eigenvalue weighted by atomic mass is 32.2. The second kappa shape index (κ2) is 19.2. The van der Waals surface area contributed by atoms with Crippen LogP contribution in [0.5, 0.6) is 0 Å². The molecule has 0 amide bonds. The van der Waals surface area contributed by atoms with Crippen LogP contribution in [0.25, 0.3) is 0 Å². The molecule has 0 radical (unpaired) electrons. The van der Waals surface area contributed by atoms with E-state index in [9.17, 15) is 0 Å². The van der Waals surface area contributed by atoms with Crippen molar-refractivity contribution in [3.63, 3.8) is 0 Å². The zero-order valence-corrected chi connectivity index (χ0v) is 37.3. The van der Waals surface area contributed by atoms with E-state index in [2.05, 4.69) is 123 Å². The maximum Gasteiger partial charge on any atom is 0.185 e. The lowest BCUT2D eigenvalue weighted by molar-refractivity contribution is 0.449. The molecule has 296 valence electrons. The molecule has 0 unspecified atom stereocenters. The van der Waals surface area contributed by atoms with Gasteiger partial charge in [0.25, 0.3) is 0 Å². The van der Waals surface area contributed by atoms with E-state index in [0.717, 1.165) is 78.8 Å². The molecule has 58 heavy (non-hydrogen) atoms. The van der Waals surface area contributed by atoms with Crippen LogP contribution in [-0.4, -0.2) is 54.3 Å². The molecule has 0 spiro atoms. The third-order valence-corrected chi connectivity index (χ3v) is 13.4. The van der Waals surface area contributed by atoms with Crippen LogP contribution >= 0.6 is 46.2 Å². The van der Waals surface area contributed by atoms with E-state index in [1.54, 1.807) is 58.6 Å². The van der Waals surface area contributed by atoms with Crippen molar-refractivity contribution in [3.8, 4) is 0 Å². The van der Waals surface area contributed by atoms with Gasteiger partial charge in [0.2, 0.25) is 0 Å². The summed E-state index contributed by atoms with van der Waals surface area (Å²) in [5, 5.41) is 20.5. The van der Waals surface area contributed by atoms with Crippen LogP contribution in [0.3, 0.4) is 0 Å². The predicted octanol–water partition coefficient (Wildman–Crippen LogP) is 12.0. The van der Waals surface area contributed by atoms with Gasteiger partial charge < -0.3 is 0 Å². The normalized spacial score (nSPS) is 13.6. The largest absolute Gasteiger partial charge is 0.264 e. The first-order valence-electron chi connectivity index (χ1n) is 19.4. The molecule has 0 fully saturated rings. The second-order valence-electron chi connectivity index (χ2n) is 14.0. The summed E-state index contributed by atoms with van der Waals surface area (Å²) in [4.78, 5) is 20.0. The van der Waals surface area contributed by atoms with Crippen molar-refractivity contribution in [1.29, 1.82) is 0 Å². The van der Waals surface area contributed by atoms with Crippen molar-refractivity contribution in [2.45, 2.75) is 67.0 Å². The van der Waals surface area contributed by atoms with Crippen molar-refractivity contribution < 1.29 is 0 Å². The number of hydrogen-bond acceptors (Lipinski definition) is 12. The van der Waals surface area contributed by atoms with Gasteiger partial charge in [-0.2, -0.15) is 10.2 Å². The van der Waals surface area contributed by atoms with Gasteiger partial charge in [0.1, 0.15) is 21.4 Å². The molecular formula is C46H48N8S4. The second-order valence-corrected chi connectivity index (χ2v) is 17.5. The minimum absolute atomic E-state index is 0.636. The quantitative estimate of drug-likeness (QED) is 0.144. The van der Waals surface area contributed by atoms with Crippen LogP contribution in [0.4, 0.5) is 10.0 Å². The van der Waals surface area contributed by atoms with E-state index in [1.165, 1.54) is 32.7 Å². The lowest BCUT2D eigenvalue weighted by Crippen LogP contribution is -2.24. The number of aromatic nitrogens is 2. The number of thiophene rings is 2. The Labute approximate surface area is 359 Å². The van der Waals surface area contributed by atoms with E-state index < -0.39 is 0 Å². The zero-order chi connectivity index (χ0) is 40.6. The molecule has 6 aromatic rings. The molecule has 8 nitrogen and oxygen atoms in total. The van der Waals surface area contributed by atoms with Gasteiger partial charge in [-0.15, -0.1) is 22.7 Å². The maximum atomic E-state index is 5.16. The van der Waals surface area contributed by atoms with Crippen LogP contribution in [-0.2, 0) is 25.9 Å². The molecule has 2 aliphatic rings. The molecule has 4 aromatic heterocycles. The Kier molecular flexibility index (Phi) is 13.7. The number of hydrogen-bond donors (Lipinski definition) is 0. The lowest BCUT2D eigenvalue weighted by atomic mass is 9.98. The highest BCUT2D eigenvalue weighted by molar-refractivity contribution is 8.13. The number of amidine groups is 2. The number of benzene rings is 2. The Balaban J connectivity index is 0.000000177. The minimum atomic E-state index is 0.636. The molecule has 0 saturated carbocycles. The topological polar surface area (TPSA) is 81.7 Å². The smallest absolute Gasteiger partial charge is 0.185 e. The van der Waals surface area contributed by atoms with E-state index >= 15 is 0 Å². The van der Waals surface area contributed by atoms with E-state index in [1.807, 2.05) is 34.5 Å². The molecule has 6 heterocycles. The molecule has 0 atom stereocenters. The summed E-state index contributed by atoms with van der Waals surface area (Å²) in [5.74, 6) is 0. The summed E-state index contributed by atoms with van der Waals surface area (Å²) < 4.78 is 0. The lowest BCUT2D eigenvalue weighted by Gasteiger charge is -2.19. The van der Waals surface area contributed by atoms with Crippen LogP contribution in [0, 0.1) is 20.8 Å². The van der Waals surface area contributed by atoms with Crippen molar-refractivity contribution in [1.82, 2.24) is 20.0 Å². The van der Waals surface area contributed by atoms with Crippen LogP contribution in [0.2, 0.25) is 0 Å². The first kappa shape index (κ1) is 41.3. The molecule has 8 rings (SSSR count). The van der Waals surface area contributed by atoms with Gasteiger partial charge in [-0.1, -0.05) is 116 Å². The molecule has 0 aliphatic carbocycles. The first-order chi connectivity index (χ1) is 28.3. The molecule has 2 aliphatic heterocycles. The van der Waals surface area contributed by atoms with Crippen molar-refractivity contribution >= 4 is 78.0 Å². The summed E-state index contributed by atoms with van der Waals surface area (Å²) in [6.07, 6.45) is 14.6. The third kappa shape index (κ3) is 9.36. The summed E-state index contributed by atoms with van der Waals surface area (Å²) in [5.41, 5.74) is 13.9. The van der Waals surface area contributed by atoms with Gasteiger partial charge in [0.15, 0.2) is 10.3 Å². The van der Waals surface area contributed by atoms with Crippen LogP contribution in [0.1, 0.15) is 80.8 Å².